The van der Waals surface area contributed by atoms with Crippen LogP contribution in [0, 0.1) is 0 Å². The van der Waals surface area contributed by atoms with E-state index in [1.807, 2.05) is 13.8 Å². The molecule has 0 saturated heterocycles. The van der Waals surface area contributed by atoms with Crippen LogP contribution in [0.5, 0.6) is 0 Å². The van der Waals surface area contributed by atoms with Crippen molar-refractivity contribution in [3.05, 3.63) is 40.2 Å². The van der Waals surface area contributed by atoms with E-state index in [1.54, 1.807) is 24.3 Å². The first-order chi connectivity index (χ1) is 9.55. The molecule has 1 atom stereocenters. The van der Waals surface area contributed by atoms with Crippen molar-refractivity contribution < 1.29 is 9.53 Å². The Balaban J connectivity index is 2.49. The minimum atomic E-state index is -0.394. The number of hydrogen-bond acceptors (Lipinski definition) is 4. The number of methoxy groups -OCH3 is 1. The number of carbonyl (C=O) groups is 1. The summed E-state index contributed by atoms with van der Waals surface area (Å²) in [4.78, 5) is 26.3. The zero-order valence-corrected chi connectivity index (χ0v) is 11.8. The van der Waals surface area contributed by atoms with Gasteiger partial charge in [0.15, 0.2) is 0 Å². The molecule has 0 saturated carbocycles. The topological polar surface area (TPSA) is 71.2 Å². The zero-order valence-electron chi connectivity index (χ0n) is 11.8. The monoisotopic (exact) mass is 274 g/mol. The summed E-state index contributed by atoms with van der Waals surface area (Å²) in [6, 6.07) is 7.01. The van der Waals surface area contributed by atoms with E-state index in [1.165, 1.54) is 7.11 Å². The van der Waals surface area contributed by atoms with Gasteiger partial charge >= 0.3 is 5.97 Å². The quantitative estimate of drug-likeness (QED) is 0.840. The van der Waals surface area contributed by atoms with Crippen molar-refractivity contribution >= 4 is 22.6 Å². The largest absolute Gasteiger partial charge is 0.465 e. The Bertz CT molecular complexity index is 691. The molecule has 0 aliphatic carbocycles. The number of aromatic nitrogens is 1. The van der Waals surface area contributed by atoms with E-state index in [0.717, 1.165) is 11.8 Å². The maximum Gasteiger partial charge on any atom is 0.337 e. The summed E-state index contributed by atoms with van der Waals surface area (Å²) in [6.07, 6.45) is 0.916. The molecule has 106 valence electrons. The smallest absolute Gasteiger partial charge is 0.337 e. The molecule has 2 rings (SSSR count). The minimum Gasteiger partial charge on any atom is -0.465 e. The van der Waals surface area contributed by atoms with Gasteiger partial charge in [-0.1, -0.05) is 6.92 Å². The van der Waals surface area contributed by atoms with Gasteiger partial charge in [-0.2, -0.15) is 0 Å². The first kappa shape index (κ1) is 14.1. The maximum atomic E-state index is 11.9. The first-order valence-electron chi connectivity index (χ1n) is 6.57. The van der Waals surface area contributed by atoms with Crippen LogP contribution >= 0.6 is 0 Å². The van der Waals surface area contributed by atoms with Crippen molar-refractivity contribution in [3.8, 4) is 0 Å². The molecule has 5 nitrogen and oxygen atoms in total. The van der Waals surface area contributed by atoms with Gasteiger partial charge in [-0.3, -0.25) is 4.79 Å². The Kier molecular flexibility index (Phi) is 4.08. The number of hydrogen-bond donors (Lipinski definition) is 2. The number of fused-ring (bicyclic) bond motifs is 1. The van der Waals surface area contributed by atoms with Gasteiger partial charge in [0, 0.05) is 16.9 Å². The van der Waals surface area contributed by atoms with Gasteiger partial charge < -0.3 is 15.0 Å². The van der Waals surface area contributed by atoms with Gasteiger partial charge in [-0.05, 0) is 37.6 Å². The average Bonchev–Trinajstić information content (AvgIpc) is 2.46. The van der Waals surface area contributed by atoms with E-state index in [4.69, 9.17) is 4.74 Å². The molecular weight excluding hydrogens is 256 g/mol. The molecule has 0 aliphatic heterocycles. The first-order valence-corrected chi connectivity index (χ1v) is 6.57. The Hall–Kier alpha value is -2.30. The van der Waals surface area contributed by atoms with E-state index in [9.17, 15) is 9.59 Å². The second kappa shape index (κ2) is 5.77. The molecular formula is C15H18N2O3. The number of benzene rings is 1. The van der Waals surface area contributed by atoms with E-state index < -0.39 is 5.97 Å². The molecule has 0 radical (unpaired) electrons. The van der Waals surface area contributed by atoms with Crippen molar-refractivity contribution in [2.45, 2.75) is 26.3 Å². The van der Waals surface area contributed by atoms with E-state index >= 15 is 0 Å². The number of ether oxygens (including phenoxy) is 1. The van der Waals surface area contributed by atoms with E-state index in [2.05, 4.69) is 10.3 Å². The number of carbonyl (C=O) groups excluding carboxylic acids is 1. The van der Waals surface area contributed by atoms with Gasteiger partial charge in [-0.15, -0.1) is 0 Å². The van der Waals surface area contributed by atoms with Gasteiger partial charge in [0.1, 0.15) is 5.69 Å². The van der Waals surface area contributed by atoms with Crippen LogP contribution in [-0.2, 0) is 4.74 Å². The predicted octanol–water partition coefficient (Wildman–Crippen LogP) is 2.53. The van der Waals surface area contributed by atoms with Crippen molar-refractivity contribution in [1.82, 2.24) is 4.98 Å². The number of anilines is 1. The van der Waals surface area contributed by atoms with Crippen molar-refractivity contribution in [1.29, 1.82) is 0 Å². The Morgan fingerprint density at radius 3 is 2.80 bits per heavy atom. The molecule has 1 heterocycles. The highest BCUT2D eigenvalue weighted by atomic mass is 16.5. The molecule has 0 unspecified atom stereocenters. The van der Waals surface area contributed by atoms with E-state index in [-0.39, 0.29) is 11.6 Å². The third-order valence-electron chi connectivity index (χ3n) is 3.28. The number of rotatable bonds is 4. The number of nitrogens with one attached hydrogen (secondary N) is 2. The second-order valence-electron chi connectivity index (χ2n) is 4.76. The minimum absolute atomic E-state index is 0.163. The molecule has 0 aliphatic rings. The molecule has 0 amide bonds. The summed E-state index contributed by atoms with van der Waals surface area (Å²) in [6.45, 7) is 4.05. The van der Waals surface area contributed by atoms with Crippen LogP contribution in [0.2, 0.25) is 0 Å². The third-order valence-corrected chi connectivity index (χ3v) is 3.28. The highest BCUT2D eigenvalue weighted by Gasteiger charge is 2.09. The highest BCUT2D eigenvalue weighted by molar-refractivity contribution is 5.94. The molecule has 2 aromatic rings. The lowest BCUT2D eigenvalue weighted by atomic mass is 10.1. The van der Waals surface area contributed by atoms with Gasteiger partial charge in [0.05, 0.1) is 12.7 Å². The van der Waals surface area contributed by atoms with E-state index in [0.29, 0.717) is 16.8 Å². The Morgan fingerprint density at radius 1 is 1.40 bits per heavy atom. The second-order valence-corrected chi connectivity index (χ2v) is 4.76. The Labute approximate surface area is 117 Å². The summed E-state index contributed by atoms with van der Waals surface area (Å²) >= 11 is 0. The van der Waals surface area contributed by atoms with Crippen LogP contribution in [-0.4, -0.2) is 24.1 Å². The average molecular weight is 274 g/mol. The number of H-pyrrole nitrogens is 1. The van der Waals surface area contributed by atoms with Gasteiger partial charge in [0.25, 0.3) is 5.56 Å². The molecule has 0 spiro atoms. The van der Waals surface area contributed by atoms with Crippen LogP contribution in [0.15, 0.2) is 29.1 Å². The third kappa shape index (κ3) is 2.82. The number of esters is 1. The van der Waals surface area contributed by atoms with Crippen molar-refractivity contribution in [3.63, 3.8) is 0 Å². The van der Waals surface area contributed by atoms with Crippen LogP contribution < -0.4 is 10.9 Å². The fourth-order valence-electron chi connectivity index (χ4n) is 1.93. The zero-order chi connectivity index (χ0) is 14.7. The lowest BCUT2D eigenvalue weighted by molar-refractivity contribution is 0.0601. The van der Waals surface area contributed by atoms with Crippen molar-refractivity contribution in [2.75, 3.05) is 12.4 Å². The number of aromatic amines is 1. The van der Waals surface area contributed by atoms with Crippen LogP contribution in [0.4, 0.5) is 5.69 Å². The van der Waals surface area contributed by atoms with Crippen molar-refractivity contribution in [2.24, 2.45) is 0 Å². The number of pyridine rings is 1. The van der Waals surface area contributed by atoms with Crippen LogP contribution in [0.25, 0.3) is 10.9 Å². The van der Waals surface area contributed by atoms with Gasteiger partial charge in [0.2, 0.25) is 0 Å². The molecule has 1 aromatic heterocycles. The predicted molar refractivity (Wildman–Crippen MR) is 79.3 cm³/mol. The summed E-state index contributed by atoms with van der Waals surface area (Å²) < 4.78 is 4.69. The SMILES string of the molecule is CC[C@@H](C)Nc1cc2cc(C(=O)OC)ccc2[nH]c1=O. The summed E-state index contributed by atoms with van der Waals surface area (Å²) in [5, 5.41) is 3.94. The molecule has 0 bridgehead atoms. The molecule has 2 N–H and O–H groups in total. The maximum absolute atomic E-state index is 11.9. The normalized spacial score (nSPS) is 12.2. The standard InChI is InChI=1S/C15H18N2O3/c1-4-9(2)16-13-8-11-7-10(15(19)20-3)5-6-12(11)17-14(13)18/h5-9,16H,4H2,1-3H3,(H,17,18)/t9-/m1/s1. The lowest BCUT2D eigenvalue weighted by Gasteiger charge is -2.12. The molecule has 20 heavy (non-hydrogen) atoms. The summed E-state index contributed by atoms with van der Waals surface area (Å²) in [7, 11) is 1.34. The molecule has 5 heteroatoms. The fourth-order valence-corrected chi connectivity index (χ4v) is 1.93. The lowest BCUT2D eigenvalue weighted by Crippen LogP contribution is -2.21. The molecule has 1 aromatic carbocycles. The summed E-state index contributed by atoms with van der Waals surface area (Å²) in [5.41, 5.74) is 1.50. The van der Waals surface area contributed by atoms with Crippen LogP contribution in [0.3, 0.4) is 0 Å². The molecule has 0 fully saturated rings. The fraction of sp³-hybridized carbons (Fsp3) is 0.333. The Morgan fingerprint density at radius 2 is 2.15 bits per heavy atom. The highest BCUT2D eigenvalue weighted by Crippen LogP contribution is 2.17. The van der Waals surface area contributed by atoms with Gasteiger partial charge in [-0.25, -0.2) is 4.79 Å². The van der Waals surface area contributed by atoms with Crippen LogP contribution in [0.1, 0.15) is 30.6 Å². The summed E-state index contributed by atoms with van der Waals surface area (Å²) in [5.74, 6) is -0.394.